The summed E-state index contributed by atoms with van der Waals surface area (Å²) in [6.45, 7) is 16.0. The van der Waals surface area contributed by atoms with Crippen molar-refractivity contribution in [1.29, 1.82) is 0 Å². The largest absolute Gasteiger partial charge is 0.508 e. The minimum atomic E-state index is -1.15. The molecule has 14 heteroatoms. The van der Waals surface area contributed by atoms with Gasteiger partial charge in [-0.05, 0) is 96.7 Å². The van der Waals surface area contributed by atoms with Crippen LogP contribution < -0.4 is 16.1 Å². The number of phenols is 1. The number of benzene rings is 2. The molecule has 62 heavy (non-hydrogen) atoms. The summed E-state index contributed by atoms with van der Waals surface area (Å²) in [6.07, 6.45) is 2.52. The number of likely N-dealkylation sites (N-methyl/N-ethyl adjacent to an activating group) is 1. The molecule has 0 unspecified atom stereocenters. The summed E-state index contributed by atoms with van der Waals surface area (Å²) in [5, 5.41) is 30.2. The molecule has 6 bridgehead atoms. The number of aliphatic hydroxyl groups is 1. The highest BCUT2D eigenvalue weighted by molar-refractivity contribution is 5.96. The molecule has 3 aliphatic rings. The summed E-state index contributed by atoms with van der Waals surface area (Å²) in [7, 11) is 1.55. The van der Waals surface area contributed by atoms with E-state index in [4.69, 9.17) is 9.72 Å². The van der Waals surface area contributed by atoms with Crippen LogP contribution >= 0.6 is 0 Å². The minimum Gasteiger partial charge on any atom is -0.508 e. The number of rotatable bonds is 8. The van der Waals surface area contributed by atoms with Crippen LogP contribution in [0.1, 0.15) is 84.0 Å². The normalized spacial score (nSPS) is 22.4. The lowest BCUT2D eigenvalue weighted by molar-refractivity contribution is -0.155. The number of phenolic OH excluding ortho intramolecular Hbond substituents is 1. The van der Waals surface area contributed by atoms with Gasteiger partial charge in [-0.1, -0.05) is 53.7 Å². The third kappa shape index (κ3) is 9.09. The molecule has 0 aliphatic carbocycles. The van der Waals surface area contributed by atoms with Gasteiger partial charge < -0.3 is 35.1 Å². The van der Waals surface area contributed by atoms with Gasteiger partial charge in [-0.3, -0.25) is 29.2 Å². The number of fused-ring (bicyclic) bond motifs is 6. The maximum absolute atomic E-state index is 14.6. The van der Waals surface area contributed by atoms with Crippen molar-refractivity contribution < 1.29 is 34.1 Å². The second-order valence-electron chi connectivity index (χ2n) is 18.8. The predicted octanol–water partition coefficient (Wildman–Crippen LogP) is 4.93. The number of cyclic esters (lactones) is 1. The average Bonchev–Trinajstić information content (AvgIpc) is 3.80. The molecule has 2 aromatic carbocycles. The number of hydrogen-bond acceptors (Lipinski definition) is 10. The number of pyridine rings is 1. The SMILES string of the molecule is CCn1c(-c2cccnc2C(C)C)c2c3cc(ccc31)-c1cc(O)cc(c1)C[C@H](NC(=O)[C@H](C(C)C)N(C)C(=O)[C@@H]1CNC[C@@H]1O)C(=O)N1CCC[C@H](N1)C(=O)OCC(C)(C)C2. The van der Waals surface area contributed by atoms with Gasteiger partial charge in [0.2, 0.25) is 11.8 Å². The lowest BCUT2D eigenvalue weighted by Gasteiger charge is -2.37. The summed E-state index contributed by atoms with van der Waals surface area (Å²) in [4.78, 5) is 62.7. The minimum absolute atomic E-state index is 0.00246. The van der Waals surface area contributed by atoms with E-state index >= 15 is 0 Å². The quantitative estimate of drug-likeness (QED) is 0.153. The lowest BCUT2D eigenvalue weighted by atomic mass is 9.83. The van der Waals surface area contributed by atoms with Crippen molar-refractivity contribution in [2.75, 3.05) is 33.3 Å². The van der Waals surface area contributed by atoms with Crippen LogP contribution in [0.2, 0.25) is 0 Å². The molecule has 5 heterocycles. The van der Waals surface area contributed by atoms with E-state index in [0.717, 1.165) is 44.5 Å². The van der Waals surface area contributed by atoms with E-state index in [2.05, 4.69) is 73.4 Å². The number of nitrogens with one attached hydrogen (secondary N) is 3. The molecule has 2 fully saturated rings. The van der Waals surface area contributed by atoms with Crippen LogP contribution in [0.4, 0.5) is 0 Å². The highest BCUT2D eigenvalue weighted by Crippen LogP contribution is 2.42. The molecule has 332 valence electrons. The van der Waals surface area contributed by atoms with E-state index in [1.165, 1.54) is 9.91 Å². The Morgan fingerprint density at radius 3 is 2.53 bits per heavy atom. The highest BCUT2D eigenvalue weighted by atomic mass is 16.5. The monoisotopic (exact) mass is 849 g/mol. The first-order valence-corrected chi connectivity index (χ1v) is 22.1. The van der Waals surface area contributed by atoms with Gasteiger partial charge in [0, 0.05) is 67.7 Å². The Morgan fingerprint density at radius 2 is 1.84 bits per heavy atom. The maximum atomic E-state index is 14.6. The van der Waals surface area contributed by atoms with Gasteiger partial charge in [0.1, 0.15) is 23.9 Å². The maximum Gasteiger partial charge on any atom is 0.324 e. The van der Waals surface area contributed by atoms with E-state index in [1.54, 1.807) is 19.2 Å². The van der Waals surface area contributed by atoms with Gasteiger partial charge in [0.25, 0.3) is 5.91 Å². The van der Waals surface area contributed by atoms with Crippen molar-refractivity contribution in [2.24, 2.45) is 17.3 Å². The number of esters is 1. The number of aryl methyl sites for hydroxylation is 1. The number of amides is 3. The first-order valence-electron chi connectivity index (χ1n) is 22.1. The third-order valence-electron chi connectivity index (χ3n) is 12.7. The average molecular weight is 850 g/mol. The van der Waals surface area contributed by atoms with E-state index in [1.807, 2.05) is 38.2 Å². The van der Waals surface area contributed by atoms with Gasteiger partial charge in [-0.2, -0.15) is 0 Å². The van der Waals surface area contributed by atoms with E-state index in [0.29, 0.717) is 37.9 Å². The molecule has 5 N–H and O–H groups in total. The van der Waals surface area contributed by atoms with Crippen LogP contribution in [0.25, 0.3) is 33.3 Å². The molecule has 4 aromatic rings. The van der Waals surface area contributed by atoms with E-state index < -0.39 is 53.3 Å². The number of aromatic hydroxyl groups is 1. The van der Waals surface area contributed by atoms with Gasteiger partial charge in [0.15, 0.2) is 0 Å². The summed E-state index contributed by atoms with van der Waals surface area (Å²) in [6, 6.07) is 12.7. The van der Waals surface area contributed by atoms with Crippen molar-refractivity contribution in [1.82, 2.24) is 35.5 Å². The van der Waals surface area contributed by atoms with Crippen LogP contribution in [-0.2, 0) is 43.3 Å². The Bertz CT molecular complexity index is 2340. The number of carbonyl (C=O) groups excluding carboxylic acids is 4. The molecule has 2 saturated heterocycles. The molecular formula is C48H63N7O7. The van der Waals surface area contributed by atoms with Crippen molar-refractivity contribution in [3.63, 3.8) is 0 Å². The molecule has 0 radical (unpaired) electrons. The predicted molar refractivity (Wildman–Crippen MR) is 238 cm³/mol. The van der Waals surface area contributed by atoms with Crippen LogP contribution in [-0.4, -0.2) is 111 Å². The molecule has 2 aromatic heterocycles. The van der Waals surface area contributed by atoms with Gasteiger partial charge in [-0.15, -0.1) is 0 Å². The second-order valence-corrected chi connectivity index (χ2v) is 18.8. The number of β-amino-alcohol motifs (C(OH)–C–C–N with tert-alkyl or cyclic N) is 1. The summed E-state index contributed by atoms with van der Waals surface area (Å²) in [5.41, 5.74) is 10.1. The molecular weight excluding hydrogens is 787 g/mol. The summed E-state index contributed by atoms with van der Waals surface area (Å²) in [5.74, 6) is -2.70. The van der Waals surface area contributed by atoms with Crippen LogP contribution in [0.5, 0.6) is 5.75 Å². The molecule has 3 aliphatic heterocycles. The Kier molecular flexibility index (Phi) is 13.1. The Labute approximate surface area is 364 Å². The van der Waals surface area contributed by atoms with E-state index in [-0.39, 0.29) is 49.6 Å². The standard InChI is InChI=1S/C48H63N7O7/c1-9-54-39-15-14-30-22-34(39)35(43(54)33-12-10-16-50-41(33)27(2)3)23-48(6,7)26-62-47(61)37-13-11-17-55(52-37)46(60)38(20-29-18-31(30)21-32(56)19-29)51-44(58)42(28(4)5)53(8)45(59)36-24-49-25-40(36)57/h10,12,14-16,18-19,21-22,27-28,36-38,40,42,49,52,56-57H,9,11,13,17,20,23-26H2,1-8H3,(H,51,58)/t36-,37+,38+,40+,42+/m1/s1. The molecule has 0 spiro atoms. The van der Waals surface area contributed by atoms with Crippen LogP contribution in [0.3, 0.4) is 0 Å². The van der Waals surface area contributed by atoms with Crippen molar-refractivity contribution in [2.45, 2.75) is 111 Å². The van der Waals surface area contributed by atoms with Crippen LogP contribution in [0.15, 0.2) is 54.7 Å². The number of aliphatic hydroxyl groups excluding tert-OH is 1. The summed E-state index contributed by atoms with van der Waals surface area (Å²) < 4.78 is 8.42. The molecule has 3 amide bonds. The smallest absolute Gasteiger partial charge is 0.324 e. The zero-order valence-corrected chi connectivity index (χ0v) is 37.3. The first-order chi connectivity index (χ1) is 29.5. The summed E-state index contributed by atoms with van der Waals surface area (Å²) >= 11 is 0. The number of hydrogen-bond donors (Lipinski definition) is 5. The first kappa shape index (κ1) is 44.7. The Morgan fingerprint density at radius 1 is 1.06 bits per heavy atom. The molecule has 0 saturated carbocycles. The number of nitrogens with zero attached hydrogens (tertiary/aromatic N) is 4. The van der Waals surface area contributed by atoms with Crippen molar-refractivity contribution in [3.05, 3.63) is 71.5 Å². The van der Waals surface area contributed by atoms with Crippen molar-refractivity contribution in [3.8, 4) is 28.1 Å². The zero-order valence-electron chi connectivity index (χ0n) is 37.3. The number of ether oxygens (including phenoxy) is 1. The fourth-order valence-corrected chi connectivity index (χ4v) is 9.59. The Balaban J connectivity index is 1.34. The van der Waals surface area contributed by atoms with E-state index in [9.17, 15) is 29.4 Å². The zero-order chi connectivity index (χ0) is 44.6. The fourth-order valence-electron chi connectivity index (χ4n) is 9.59. The molecule has 14 nitrogen and oxygen atoms in total. The van der Waals surface area contributed by atoms with Gasteiger partial charge >= 0.3 is 5.97 Å². The lowest BCUT2D eigenvalue weighted by Crippen LogP contribution is -2.62. The molecule has 5 atom stereocenters. The highest BCUT2D eigenvalue weighted by Gasteiger charge is 2.41. The number of hydrazine groups is 1. The van der Waals surface area contributed by atoms with Crippen molar-refractivity contribution >= 4 is 34.6 Å². The molecule has 7 rings (SSSR count). The van der Waals surface area contributed by atoms with Gasteiger partial charge in [-0.25, -0.2) is 5.43 Å². The second kappa shape index (κ2) is 18.2. The topological polar surface area (TPSA) is 178 Å². The number of aromatic nitrogens is 2. The van der Waals surface area contributed by atoms with Gasteiger partial charge in [0.05, 0.1) is 30.0 Å². The Hall–Kier alpha value is -5.31. The van der Waals surface area contributed by atoms with Crippen LogP contribution in [0, 0.1) is 17.3 Å². The fraction of sp³-hybridized carbons (Fsp3) is 0.521. The number of carbonyl (C=O) groups is 4. The third-order valence-corrected chi connectivity index (χ3v) is 12.7.